The molecule has 1 fully saturated rings. The second-order valence-electron chi connectivity index (χ2n) is 7.55. The predicted octanol–water partition coefficient (Wildman–Crippen LogP) is 3.96. The highest BCUT2D eigenvalue weighted by molar-refractivity contribution is 9.10. The number of hydrogen-bond donors (Lipinski definition) is 1. The summed E-state index contributed by atoms with van der Waals surface area (Å²) in [4.78, 5) is 29.8. The van der Waals surface area contributed by atoms with Crippen molar-refractivity contribution in [1.82, 2.24) is 10.2 Å². The van der Waals surface area contributed by atoms with Gasteiger partial charge in [0.2, 0.25) is 0 Å². The van der Waals surface area contributed by atoms with Gasteiger partial charge in [0.1, 0.15) is 5.66 Å². The van der Waals surface area contributed by atoms with Gasteiger partial charge in [-0.05, 0) is 50.2 Å². The number of anilines is 1. The molecule has 1 spiro atoms. The van der Waals surface area contributed by atoms with E-state index in [4.69, 9.17) is 0 Å². The summed E-state index contributed by atoms with van der Waals surface area (Å²) >= 11 is 3.41. The molecule has 5 nitrogen and oxygen atoms in total. The van der Waals surface area contributed by atoms with Crippen molar-refractivity contribution < 1.29 is 9.59 Å². The number of nitrogens with zero attached hydrogens (tertiary/aromatic N) is 2. The second kappa shape index (κ2) is 7.24. The fraction of sp³-hybridized carbons (Fsp3) is 0.364. The Kier molecular flexibility index (Phi) is 4.91. The summed E-state index contributed by atoms with van der Waals surface area (Å²) in [7, 11) is 0. The zero-order valence-corrected chi connectivity index (χ0v) is 17.8. The van der Waals surface area contributed by atoms with Gasteiger partial charge in [-0.25, -0.2) is 0 Å². The van der Waals surface area contributed by atoms with Gasteiger partial charge in [-0.2, -0.15) is 0 Å². The molecule has 0 aromatic heterocycles. The van der Waals surface area contributed by atoms with E-state index in [1.165, 1.54) is 0 Å². The lowest BCUT2D eigenvalue weighted by Gasteiger charge is -2.52. The van der Waals surface area contributed by atoms with E-state index in [9.17, 15) is 9.59 Å². The minimum atomic E-state index is -0.426. The van der Waals surface area contributed by atoms with Crippen molar-refractivity contribution >= 4 is 33.4 Å². The molecule has 2 aliphatic rings. The van der Waals surface area contributed by atoms with E-state index in [0.29, 0.717) is 31.5 Å². The Balaban J connectivity index is 1.56. The summed E-state index contributed by atoms with van der Waals surface area (Å²) in [5.74, 6) is 0.0274. The van der Waals surface area contributed by atoms with Gasteiger partial charge in [0.15, 0.2) is 0 Å². The Bertz CT molecular complexity index is 918. The molecule has 0 aliphatic carbocycles. The molecule has 2 aromatic carbocycles. The topological polar surface area (TPSA) is 52.7 Å². The number of likely N-dealkylation sites (tertiary alicyclic amines) is 1. The van der Waals surface area contributed by atoms with Gasteiger partial charge in [0.05, 0.1) is 11.3 Å². The maximum atomic E-state index is 12.8. The first-order valence-corrected chi connectivity index (χ1v) is 10.5. The third-order valence-electron chi connectivity index (χ3n) is 5.84. The number of carbonyl (C=O) groups is 2. The van der Waals surface area contributed by atoms with E-state index in [-0.39, 0.29) is 11.8 Å². The van der Waals surface area contributed by atoms with E-state index in [1.54, 1.807) is 0 Å². The summed E-state index contributed by atoms with van der Waals surface area (Å²) in [6.07, 6.45) is 1.42. The van der Waals surface area contributed by atoms with Gasteiger partial charge in [-0.3, -0.25) is 9.59 Å². The molecule has 2 aromatic rings. The number of aryl methyl sites for hydroxylation is 1. The average Bonchev–Trinajstić information content (AvgIpc) is 2.69. The normalized spacial score (nSPS) is 18.0. The van der Waals surface area contributed by atoms with Crippen LogP contribution in [0.1, 0.15) is 46.0 Å². The van der Waals surface area contributed by atoms with Crippen molar-refractivity contribution in [3.63, 3.8) is 0 Å². The number of carbonyl (C=O) groups excluding carboxylic acids is 2. The summed E-state index contributed by atoms with van der Waals surface area (Å²) in [5, 5.41) is 3.27. The molecule has 0 unspecified atom stereocenters. The molecule has 2 heterocycles. The summed E-state index contributed by atoms with van der Waals surface area (Å²) in [6.45, 7) is 6.15. The van der Waals surface area contributed by atoms with Crippen LogP contribution in [-0.4, -0.2) is 42.0 Å². The van der Waals surface area contributed by atoms with Crippen LogP contribution in [0.15, 0.2) is 46.9 Å². The van der Waals surface area contributed by atoms with Crippen molar-refractivity contribution in [2.75, 3.05) is 24.5 Å². The number of fused-ring (bicyclic) bond motifs is 1. The molecule has 0 radical (unpaired) electrons. The number of halogens is 1. The summed E-state index contributed by atoms with van der Waals surface area (Å²) in [5.41, 5.74) is 3.08. The minimum Gasteiger partial charge on any atom is -0.348 e. The minimum absolute atomic E-state index is 0.0175. The Morgan fingerprint density at radius 2 is 1.82 bits per heavy atom. The van der Waals surface area contributed by atoms with Gasteiger partial charge in [0.25, 0.3) is 11.8 Å². The maximum Gasteiger partial charge on any atom is 0.255 e. The molecule has 1 saturated heterocycles. The molecule has 0 bridgehead atoms. The van der Waals surface area contributed by atoms with E-state index in [1.807, 2.05) is 48.2 Å². The Hall–Kier alpha value is -2.34. The number of nitrogens with one attached hydrogen (secondary N) is 1. The highest BCUT2D eigenvalue weighted by Crippen LogP contribution is 2.37. The number of hydrogen-bond acceptors (Lipinski definition) is 3. The van der Waals surface area contributed by atoms with Gasteiger partial charge >= 0.3 is 0 Å². The van der Waals surface area contributed by atoms with E-state index in [2.05, 4.69) is 39.1 Å². The summed E-state index contributed by atoms with van der Waals surface area (Å²) < 4.78 is 0.957. The molecule has 4 rings (SSSR count). The molecule has 6 heteroatoms. The fourth-order valence-corrected chi connectivity index (χ4v) is 4.63. The number of piperidine rings is 1. The molecule has 0 saturated carbocycles. The van der Waals surface area contributed by atoms with Crippen LogP contribution in [0, 0.1) is 6.92 Å². The SMILES string of the molecule is CCN1c2ccc(C)cc2C(=O)NC12CCN(C(=O)c1ccc(Br)cc1)CC2. The van der Waals surface area contributed by atoms with Gasteiger partial charge in [0, 0.05) is 42.5 Å². The Morgan fingerprint density at radius 3 is 2.46 bits per heavy atom. The van der Waals surface area contributed by atoms with Crippen LogP contribution in [-0.2, 0) is 0 Å². The van der Waals surface area contributed by atoms with Crippen molar-refractivity contribution in [2.45, 2.75) is 32.4 Å². The molecule has 0 atom stereocenters. The first kappa shape index (κ1) is 19.0. The van der Waals surface area contributed by atoms with Crippen LogP contribution < -0.4 is 10.2 Å². The molecule has 2 aliphatic heterocycles. The first-order valence-electron chi connectivity index (χ1n) is 9.69. The zero-order valence-electron chi connectivity index (χ0n) is 16.2. The number of amides is 2. The van der Waals surface area contributed by atoms with Gasteiger partial charge < -0.3 is 15.1 Å². The highest BCUT2D eigenvalue weighted by Gasteiger charge is 2.45. The third kappa shape index (κ3) is 3.20. The van der Waals surface area contributed by atoms with Gasteiger partial charge in [-0.15, -0.1) is 0 Å². The molecular formula is C22H24BrN3O2. The molecule has 1 N–H and O–H groups in total. The standard InChI is InChI=1S/C22H24BrN3O2/c1-3-26-19-9-4-15(2)14-18(19)20(27)24-22(26)10-12-25(13-11-22)21(28)16-5-7-17(23)8-6-16/h4-9,14H,3,10-13H2,1-2H3,(H,24,27). The Labute approximate surface area is 173 Å². The lowest BCUT2D eigenvalue weighted by atomic mass is 9.89. The maximum absolute atomic E-state index is 12.8. The van der Waals surface area contributed by atoms with Crippen LogP contribution in [0.2, 0.25) is 0 Å². The Morgan fingerprint density at radius 1 is 1.14 bits per heavy atom. The van der Waals surface area contributed by atoms with Crippen LogP contribution >= 0.6 is 15.9 Å². The number of benzene rings is 2. The molecular weight excluding hydrogens is 418 g/mol. The second-order valence-corrected chi connectivity index (χ2v) is 8.47. The monoisotopic (exact) mass is 441 g/mol. The van der Waals surface area contributed by atoms with Crippen LogP contribution in [0.3, 0.4) is 0 Å². The fourth-order valence-electron chi connectivity index (χ4n) is 4.37. The third-order valence-corrected chi connectivity index (χ3v) is 6.36. The first-order chi connectivity index (χ1) is 13.4. The van der Waals surface area contributed by atoms with Crippen LogP contribution in [0.5, 0.6) is 0 Å². The van der Waals surface area contributed by atoms with Crippen LogP contribution in [0.25, 0.3) is 0 Å². The molecule has 146 valence electrons. The van der Waals surface area contributed by atoms with Gasteiger partial charge in [-0.1, -0.05) is 27.6 Å². The molecule has 2 amide bonds. The van der Waals surface area contributed by atoms with E-state index in [0.717, 1.165) is 27.8 Å². The van der Waals surface area contributed by atoms with Crippen LogP contribution in [0.4, 0.5) is 5.69 Å². The molecule has 28 heavy (non-hydrogen) atoms. The quantitative estimate of drug-likeness (QED) is 0.766. The van der Waals surface area contributed by atoms with Crippen molar-refractivity contribution in [3.8, 4) is 0 Å². The largest absolute Gasteiger partial charge is 0.348 e. The van der Waals surface area contributed by atoms with E-state index < -0.39 is 5.66 Å². The zero-order chi connectivity index (χ0) is 19.9. The average molecular weight is 442 g/mol. The lowest BCUT2D eigenvalue weighted by Crippen LogP contribution is -2.68. The van der Waals surface area contributed by atoms with Crippen molar-refractivity contribution in [2.24, 2.45) is 0 Å². The smallest absolute Gasteiger partial charge is 0.255 e. The highest BCUT2D eigenvalue weighted by atomic mass is 79.9. The van der Waals surface area contributed by atoms with E-state index >= 15 is 0 Å². The lowest BCUT2D eigenvalue weighted by molar-refractivity contribution is 0.0603. The predicted molar refractivity (Wildman–Crippen MR) is 114 cm³/mol. The van der Waals surface area contributed by atoms with Crippen molar-refractivity contribution in [3.05, 3.63) is 63.6 Å². The van der Waals surface area contributed by atoms with Crippen molar-refractivity contribution in [1.29, 1.82) is 0 Å². The number of rotatable bonds is 2. The summed E-state index contributed by atoms with van der Waals surface area (Å²) in [6, 6.07) is 13.5.